The number of nitrogens with one attached hydrogen (secondary N) is 1. The average Bonchev–Trinajstić information content (AvgIpc) is 2.69. The lowest BCUT2D eigenvalue weighted by Gasteiger charge is -2.27. The highest BCUT2D eigenvalue weighted by atomic mass is 32.2. The summed E-state index contributed by atoms with van der Waals surface area (Å²) in [5.74, 6) is 0.733. The third kappa shape index (κ3) is 10.1. The first-order valence-corrected chi connectivity index (χ1v) is 12.8. The molecule has 2 aromatic rings. The fourth-order valence-electron chi connectivity index (χ4n) is 4.06. The lowest BCUT2D eigenvalue weighted by molar-refractivity contribution is 0.283. The zero-order valence-electron chi connectivity index (χ0n) is 20.1. The molecule has 2 aromatic carbocycles. The van der Waals surface area contributed by atoms with Gasteiger partial charge in [-0.3, -0.25) is 0 Å². The van der Waals surface area contributed by atoms with Crippen molar-refractivity contribution in [3.8, 4) is 0 Å². The van der Waals surface area contributed by atoms with E-state index in [-0.39, 0.29) is 0 Å². The van der Waals surface area contributed by atoms with Gasteiger partial charge in [0.2, 0.25) is 0 Å². The number of thioether (sulfide) groups is 1. The molecule has 0 saturated heterocycles. The van der Waals surface area contributed by atoms with Gasteiger partial charge in [-0.1, -0.05) is 71.4 Å². The Labute approximate surface area is 190 Å². The van der Waals surface area contributed by atoms with Crippen molar-refractivity contribution < 1.29 is 0 Å². The minimum Gasteiger partial charge on any atom is -0.385 e. The van der Waals surface area contributed by atoms with Gasteiger partial charge in [-0.2, -0.15) is 0 Å². The lowest BCUT2D eigenvalue weighted by Crippen LogP contribution is -2.19. The van der Waals surface area contributed by atoms with Gasteiger partial charge in [0.05, 0.1) is 0 Å². The first kappa shape index (κ1) is 24.9. The van der Waals surface area contributed by atoms with Crippen LogP contribution in [0.25, 0.3) is 0 Å². The molecule has 166 valence electrons. The van der Waals surface area contributed by atoms with Crippen molar-refractivity contribution >= 4 is 17.4 Å². The Balaban J connectivity index is 1.86. The average molecular weight is 426 g/mol. The highest BCUT2D eigenvalue weighted by Crippen LogP contribution is 2.31. The summed E-state index contributed by atoms with van der Waals surface area (Å²) in [6, 6.07) is 19.8. The van der Waals surface area contributed by atoms with E-state index in [2.05, 4.69) is 101 Å². The van der Waals surface area contributed by atoms with Gasteiger partial charge in [-0.15, -0.1) is 11.8 Å². The first-order chi connectivity index (χ1) is 14.2. The molecule has 0 amide bonds. The third-order valence-electron chi connectivity index (χ3n) is 5.98. The fraction of sp³-hybridized carbons (Fsp3) is 0.571. The molecule has 0 heterocycles. The largest absolute Gasteiger partial charge is 0.385 e. The zero-order chi connectivity index (χ0) is 22.0. The highest BCUT2D eigenvalue weighted by molar-refractivity contribution is 7.98. The second-order valence-electron chi connectivity index (χ2n) is 10.8. The van der Waals surface area contributed by atoms with Crippen LogP contribution in [0.3, 0.4) is 0 Å². The third-order valence-corrected chi connectivity index (χ3v) is 6.72. The van der Waals surface area contributed by atoms with Gasteiger partial charge in [-0.25, -0.2) is 0 Å². The van der Waals surface area contributed by atoms with E-state index in [1.54, 1.807) is 11.8 Å². The second kappa shape index (κ2) is 11.8. The predicted molar refractivity (Wildman–Crippen MR) is 137 cm³/mol. The molecule has 1 nitrogen and oxygen atoms in total. The van der Waals surface area contributed by atoms with Crippen LogP contribution in [0.2, 0.25) is 0 Å². The maximum absolute atomic E-state index is 3.71. The molecule has 0 bridgehead atoms. The molecule has 0 spiro atoms. The number of anilines is 1. The molecule has 0 aliphatic heterocycles. The van der Waals surface area contributed by atoms with Crippen LogP contribution in [-0.2, 0) is 6.42 Å². The van der Waals surface area contributed by atoms with E-state index in [1.807, 2.05) is 0 Å². The maximum atomic E-state index is 3.71. The van der Waals surface area contributed by atoms with Gasteiger partial charge in [0.15, 0.2) is 0 Å². The van der Waals surface area contributed by atoms with Crippen molar-refractivity contribution in [1.29, 1.82) is 0 Å². The molecular weight excluding hydrogens is 382 g/mol. The fourth-order valence-corrected chi connectivity index (χ4v) is 4.47. The topological polar surface area (TPSA) is 12.0 Å². The van der Waals surface area contributed by atoms with Crippen LogP contribution in [-0.4, -0.2) is 12.8 Å². The van der Waals surface area contributed by atoms with E-state index in [4.69, 9.17) is 0 Å². The summed E-state index contributed by atoms with van der Waals surface area (Å²) in [6.07, 6.45) is 9.80. The van der Waals surface area contributed by atoms with Crippen molar-refractivity contribution in [3.63, 3.8) is 0 Å². The van der Waals surface area contributed by atoms with E-state index in [0.29, 0.717) is 10.8 Å². The molecule has 30 heavy (non-hydrogen) atoms. The molecule has 0 radical (unpaired) electrons. The summed E-state index contributed by atoms with van der Waals surface area (Å²) in [4.78, 5) is 1.32. The highest BCUT2D eigenvalue weighted by Gasteiger charge is 2.20. The minimum atomic E-state index is 0.358. The Hall–Kier alpha value is -1.41. The molecule has 2 rings (SSSR count). The Morgan fingerprint density at radius 2 is 1.50 bits per heavy atom. The maximum Gasteiger partial charge on any atom is 0.0341 e. The predicted octanol–water partition coefficient (Wildman–Crippen LogP) is 8.70. The van der Waals surface area contributed by atoms with Crippen molar-refractivity contribution in [2.75, 3.05) is 18.1 Å². The van der Waals surface area contributed by atoms with Gasteiger partial charge in [-0.05, 0) is 84.9 Å². The summed E-state index contributed by atoms with van der Waals surface area (Å²) in [6.45, 7) is 13.0. The number of hydrogen-bond donors (Lipinski definition) is 1. The van der Waals surface area contributed by atoms with E-state index in [1.165, 1.54) is 54.7 Å². The van der Waals surface area contributed by atoms with Crippen LogP contribution in [0.5, 0.6) is 0 Å². The van der Waals surface area contributed by atoms with Crippen molar-refractivity contribution in [2.24, 2.45) is 16.7 Å². The van der Waals surface area contributed by atoms with Gasteiger partial charge in [0, 0.05) is 17.1 Å². The number of hydrogen-bond acceptors (Lipinski definition) is 2. The molecule has 0 saturated carbocycles. The van der Waals surface area contributed by atoms with Crippen LogP contribution < -0.4 is 5.32 Å². The van der Waals surface area contributed by atoms with Crippen LogP contribution in [0.1, 0.15) is 72.3 Å². The van der Waals surface area contributed by atoms with Gasteiger partial charge < -0.3 is 5.32 Å². The molecular formula is C28H43NS. The summed E-state index contributed by atoms with van der Waals surface area (Å²) >= 11 is 1.80. The van der Waals surface area contributed by atoms with E-state index in [0.717, 1.165) is 12.5 Å². The number of benzene rings is 2. The lowest BCUT2D eigenvalue weighted by atomic mass is 9.79. The first-order valence-electron chi connectivity index (χ1n) is 11.6. The van der Waals surface area contributed by atoms with Crippen molar-refractivity contribution in [2.45, 2.75) is 78.0 Å². The molecule has 1 unspecified atom stereocenters. The zero-order valence-corrected chi connectivity index (χ0v) is 20.9. The van der Waals surface area contributed by atoms with Gasteiger partial charge >= 0.3 is 0 Å². The Morgan fingerprint density at radius 1 is 0.833 bits per heavy atom. The molecule has 1 atom stereocenters. The quantitative estimate of drug-likeness (QED) is 0.341. The van der Waals surface area contributed by atoms with E-state index in [9.17, 15) is 0 Å². The molecule has 1 N–H and O–H groups in total. The summed E-state index contributed by atoms with van der Waals surface area (Å²) in [5.41, 5.74) is 3.47. The van der Waals surface area contributed by atoms with Gasteiger partial charge in [0.1, 0.15) is 0 Å². The van der Waals surface area contributed by atoms with Crippen molar-refractivity contribution in [3.05, 3.63) is 60.2 Å². The smallest absolute Gasteiger partial charge is 0.0341 e. The Morgan fingerprint density at radius 3 is 2.10 bits per heavy atom. The van der Waals surface area contributed by atoms with Gasteiger partial charge in [0.25, 0.3) is 0 Å². The monoisotopic (exact) mass is 425 g/mol. The summed E-state index contributed by atoms with van der Waals surface area (Å²) < 4.78 is 0. The minimum absolute atomic E-state index is 0.358. The summed E-state index contributed by atoms with van der Waals surface area (Å²) in [7, 11) is 0. The molecule has 0 fully saturated rings. The number of rotatable bonds is 12. The Bertz CT molecular complexity index is 713. The normalized spacial score (nSPS) is 13.3. The molecule has 0 aliphatic carbocycles. The standard InChI is InChI=1S/C28H43NS/c1-27(2,3)20-18-24(22-29-25-14-16-26(30-6)17-15-25)13-10-19-28(4,5)21-23-11-8-7-9-12-23/h7-9,11-12,14-17,24,29H,10,13,18-22H2,1-6H3. The summed E-state index contributed by atoms with van der Waals surface area (Å²) in [5, 5.41) is 3.71. The molecule has 0 aliphatic rings. The Kier molecular flexibility index (Phi) is 9.81. The molecule has 0 aromatic heterocycles. The van der Waals surface area contributed by atoms with Crippen molar-refractivity contribution in [1.82, 2.24) is 0 Å². The van der Waals surface area contributed by atoms with Crippen LogP contribution in [0.4, 0.5) is 5.69 Å². The van der Waals surface area contributed by atoms with Crippen LogP contribution in [0.15, 0.2) is 59.5 Å². The van der Waals surface area contributed by atoms with Crippen LogP contribution in [0, 0.1) is 16.7 Å². The molecule has 2 heteroatoms. The van der Waals surface area contributed by atoms with E-state index < -0.39 is 0 Å². The van der Waals surface area contributed by atoms with E-state index >= 15 is 0 Å². The van der Waals surface area contributed by atoms with Crippen LogP contribution >= 0.6 is 11.8 Å². The SMILES string of the molecule is CSc1ccc(NCC(CCCC(C)(C)Cc2ccccc2)CCC(C)(C)C)cc1. The second-order valence-corrected chi connectivity index (χ2v) is 11.7.